The van der Waals surface area contributed by atoms with Gasteiger partial charge in [-0.1, -0.05) is 25.2 Å². The summed E-state index contributed by atoms with van der Waals surface area (Å²) in [6, 6.07) is 5.66. The van der Waals surface area contributed by atoms with Crippen LogP contribution in [0.3, 0.4) is 0 Å². The molecule has 104 valence electrons. The Labute approximate surface area is 117 Å². The van der Waals surface area contributed by atoms with Crippen molar-refractivity contribution in [1.82, 2.24) is 0 Å². The molecule has 8 heteroatoms. The smallest absolute Gasteiger partial charge is 0.238 e. The molecule has 0 spiro atoms. The van der Waals surface area contributed by atoms with Gasteiger partial charge in [0.25, 0.3) is 0 Å². The predicted molar refractivity (Wildman–Crippen MR) is 77.0 cm³/mol. The van der Waals surface area contributed by atoms with Gasteiger partial charge in [0.2, 0.25) is 15.9 Å². The molecule has 6 nitrogen and oxygen atoms in total. The molecule has 1 aromatic rings. The third kappa shape index (κ3) is 4.27. The lowest BCUT2D eigenvalue weighted by molar-refractivity contribution is -0.118. The fraction of sp³-hybridized carbons (Fsp3) is 0.273. The van der Waals surface area contributed by atoms with E-state index in [0.717, 1.165) is 0 Å². The molecule has 1 aromatic carbocycles. The quantitative estimate of drug-likeness (QED) is 0.688. The lowest BCUT2D eigenvalue weighted by atomic mass is 10.1. The highest BCUT2D eigenvalue weighted by atomic mass is 32.2. The second kappa shape index (κ2) is 6.09. The zero-order valence-electron chi connectivity index (χ0n) is 10.3. The molecular formula is C11H15N3O3S2. The first-order valence-corrected chi connectivity index (χ1v) is 7.44. The van der Waals surface area contributed by atoms with Crippen molar-refractivity contribution < 1.29 is 13.2 Å². The minimum atomic E-state index is -3.81. The minimum absolute atomic E-state index is 0.0753. The number of carbonyl (C=O) groups is 1. The number of sulfonamides is 1. The third-order valence-corrected chi connectivity index (χ3v) is 3.69. The van der Waals surface area contributed by atoms with Gasteiger partial charge in [-0.05, 0) is 24.6 Å². The molecule has 1 amide bonds. The van der Waals surface area contributed by atoms with Crippen molar-refractivity contribution in [2.75, 3.05) is 5.32 Å². The molecule has 0 saturated heterocycles. The zero-order valence-corrected chi connectivity index (χ0v) is 11.9. The van der Waals surface area contributed by atoms with E-state index in [2.05, 4.69) is 5.32 Å². The van der Waals surface area contributed by atoms with Crippen molar-refractivity contribution >= 4 is 38.8 Å². The first-order valence-electron chi connectivity index (χ1n) is 5.48. The Bertz CT molecular complexity index is 599. The summed E-state index contributed by atoms with van der Waals surface area (Å²) in [5.41, 5.74) is 5.78. The summed E-state index contributed by atoms with van der Waals surface area (Å²) in [7, 11) is -3.81. The molecule has 0 aliphatic rings. The average Bonchev–Trinajstić information content (AvgIpc) is 2.28. The fourth-order valence-electron chi connectivity index (χ4n) is 1.50. The molecule has 0 aliphatic carbocycles. The molecule has 0 aromatic heterocycles. The minimum Gasteiger partial charge on any atom is -0.393 e. The van der Waals surface area contributed by atoms with Crippen LogP contribution >= 0.6 is 12.2 Å². The van der Waals surface area contributed by atoms with E-state index in [1.54, 1.807) is 13.0 Å². The molecule has 0 aliphatic heterocycles. The standard InChI is InChI=1S/C11H15N3O3S2/c1-2-9(10(12)18)11(15)14-7-4-3-5-8(6-7)19(13,16)17/h3-6,9H,2H2,1H3,(H2,12,18)(H,14,15)(H2,13,16,17). The Morgan fingerprint density at radius 2 is 2.11 bits per heavy atom. The Morgan fingerprint density at radius 1 is 1.47 bits per heavy atom. The van der Waals surface area contributed by atoms with Crippen LogP contribution in [0.2, 0.25) is 0 Å². The SMILES string of the molecule is CCC(C(=O)Nc1cccc(S(N)(=O)=O)c1)C(N)=S. The molecule has 0 saturated carbocycles. The Hall–Kier alpha value is -1.51. The maximum absolute atomic E-state index is 11.9. The number of nitrogens with two attached hydrogens (primary N) is 2. The van der Waals surface area contributed by atoms with Gasteiger partial charge in [-0.25, -0.2) is 13.6 Å². The lowest BCUT2D eigenvalue weighted by Gasteiger charge is -2.13. The number of anilines is 1. The number of carbonyl (C=O) groups excluding carboxylic acids is 1. The first kappa shape index (κ1) is 15.5. The number of hydrogen-bond donors (Lipinski definition) is 3. The van der Waals surface area contributed by atoms with Crippen molar-refractivity contribution in [3.05, 3.63) is 24.3 Å². The van der Waals surface area contributed by atoms with Gasteiger partial charge in [-0.15, -0.1) is 0 Å². The Balaban J connectivity index is 2.95. The Morgan fingerprint density at radius 3 is 2.58 bits per heavy atom. The molecule has 19 heavy (non-hydrogen) atoms. The van der Waals surface area contributed by atoms with Crippen molar-refractivity contribution in [2.45, 2.75) is 18.2 Å². The predicted octanol–water partition coefficient (Wildman–Crippen LogP) is 0.585. The molecule has 1 atom stereocenters. The molecule has 0 fully saturated rings. The van der Waals surface area contributed by atoms with E-state index >= 15 is 0 Å². The van der Waals surface area contributed by atoms with Crippen molar-refractivity contribution in [3.63, 3.8) is 0 Å². The summed E-state index contributed by atoms with van der Waals surface area (Å²) in [5, 5.41) is 7.57. The number of hydrogen-bond acceptors (Lipinski definition) is 4. The number of benzene rings is 1. The monoisotopic (exact) mass is 301 g/mol. The Kier molecular flexibility index (Phi) is 4.98. The molecule has 0 heterocycles. The summed E-state index contributed by atoms with van der Waals surface area (Å²) in [6.07, 6.45) is 0.468. The van der Waals surface area contributed by atoms with E-state index < -0.39 is 15.9 Å². The first-order chi connectivity index (χ1) is 8.75. The number of thiocarbonyl (C=S) groups is 1. The second-order valence-electron chi connectivity index (χ2n) is 3.93. The van der Waals surface area contributed by atoms with Gasteiger partial charge in [-0.2, -0.15) is 0 Å². The summed E-state index contributed by atoms with van der Waals surface area (Å²) in [6.45, 7) is 1.78. The largest absolute Gasteiger partial charge is 0.393 e. The van der Waals surface area contributed by atoms with Crippen molar-refractivity contribution in [1.29, 1.82) is 0 Å². The molecule has 5 N–H and O–H groups in total. The van der Waals surface area contributed by atoms with Crippen LogP contribution in [0, 0.1) is 5.92 Å². The van der Waals surface area contributed by atoms with Crippen molar-refractivity contribution in [2.24, 2.45) is 16.8 Å². The van der Waals surface area contributed by atoms with E-state index in [0.29, 0.717) is 12.1 Å². The van der Waals surface area contributed by atoms with Crippen LogP contribution in [-0.2, 0) is 14.8 Å². The van der Waals surface area contributed by atoms with E-state index in [9.17, 15) is 13.2 Å². The second-order valence-corrected chi connectivity index (χ2v) is 5.96. The molecule has 1 rings (SSSR count). The zero-order chi connectivity index (χ0) is 14.6. The van der Waals surface area contributed by atoms with Gasteiger partial charge in [0.05, 0.1) is 15.8 Å². The van der Waals surface area contributed by atoms with E-state index in [1.807, 2.05) is 0 Å². The highest BCUT2D eigenvalue weighted by Gasteiger charge is 2.19. The number of nitrogens with one attached hydrogen (secondary N) is 1. The summed E-state index contributed by atoms with van der Waals surface area (Å²) >= 11 is 4.79. The molecule has 1 unspecified atom stereocenters. The van der Waals surface area contributed by atoms with Gasteiger partial charge in [0.15, 0.2) is 0 Å². The third-order valence-electron chi connectivity index (χ3n) is 2.50. The number of primary sulfonamides is 1. The fourth-order valence-corrected chi connectivity index (χ4v) is 2.33. The lowest BCUT2D eigenvalue weighted by Crippen LogP contribution is -2.32. The molecule has 0 radical (unpaired) electrons. The van der Waals surface area contributed by atoms with Crippen LogP contribution in [0.25, 0.3) is 0 Å². The topological polar surface area (TPSA) is 115 Å². The van der Waals surface area contributed by atoms with Crippen LogP contribution in [-0.4, -0.2) is 19.3 Å². The molecule has 0 bridgehead atoms. The maximum atomic E-state index is 11.9. The highest BCUT2D eigenvalue weighted by Crippen LogP contribution is 2.15. The van der Waals surface area contributed by atoms with E-state index in [-0.39, 0.29) is 15.8 Å². The average molecular weight is 301 g/mol. The van der Waals surface area contributed by atoms with E-state index in [1.165, 1.54) is 18.2 Å². The van der Waals surface area contributed by atoms with Crippen LogP contribution in [0.1, 0.15) is 13.3 Å². The van der Waals surface area contributed by atoms with Gasteiger partial charge in [-0.3, -0.25) is 4.79 Å². The van der Waals surface area contributed by atoms with Crippen LogP contribution in [0.15, 0.2) is 29.2 Å². The highest BCUT2D eigenvalue weighted by molar-refractivity contribution is 7.89. The summed E-state index contributed by atoms with van der Waals surface area (Å²) < 4.78 is 22.4. The molecular weight excluding hydrogens is 286 g/mol. The van der Waals surface area contributed by atoms with Crippen LogP contribution < -0.4 is 16.2 Å². The number of amides is 1. The number of rotatable bonds is 5. The van der Waals surface area contributed by atoms with Gasteiger partial charge in [0.1, 0.15) is 0 Å². The summed E-state index contributed by atoms with van der Waals surface area (Å²) in [4.78, 5) is 11.9. The normalized spacial score (nSPS) is 12.7. The van der Waals surface area contributed by atoms with Crippen LogP contribution in [0.5, 0.6) is 0 Å². The summed E-state index contributed by atoms with van der Waals surface area (Å²) in [5.74, 6) is -0.963. The van der Waals surface area contributed by atoms with Gasteiger partial charge in [0, 0.05) is 5.69 Å². The van der Waals surface area contributed by atoms with Gasteiger partial charge < -0.3 is 11.1 Å². The van der Waals surface area contributed by atoms with Crippen LogP contribution in [0.4, 0.5) is 5.69 Å². The van der Waals surface area contributed by atoms with Gasteiger partial charge >= 0.3 is 0 Å². The van der Waals surface area contributed by atoms with Crippen molar-refractivity contribution in [3.8, 4) is 0 Å². The maximum Gasteiger partial charge on any atom is 0.238 e. The van der Waals surface area contributed by atoms with E-state index in [4.69, 9.17) is 23.1 Å².